The molecular formula is C28H32FN3O4S2. The van der Waals surface area contributed by atoms with Gasteiger partial charge < -0.3 is 15.5 Å². The predicted octanol–water partition coefficient (Wildman–Crippen LogP) is 4.72. The lowest BCUT2D eigenvalue weighted by molar-refractivity contribution is -0.144. The van der Waals surface area contributed by atoms with Gasteiger partial charge in [0.25, 0.3) is 5.91 Å². The van der Waals surface area contributed by atoms with Crippen LogP contribution in [-0.4, -0.2) is 39.7 Å². The standard InChI is InChI=1S/C28H32FN3O4S2/c1-27-10-9-22(34)28(2,15-33)21(27)13-20-24(19(27)12-23(35)30-14-18-4-3-11-37-18)31-26(38-20)32-25(36)16-5-7-17(29)8-6-16/h3-8,11,19,21-22,33-34H,9-10,12-15H2,1-2H3,(H,30,35)(H,31,32,36)/t19-,21+,22-,27+,28+/m1/s1. The van der Waals surface area contributed by atoms with E-state index in [2.05, 4.69) is 17.6 Å². The molecule has 2 heterocycles. The Hall–Kier alpha value is -2.66. The number of thiazole rings is 1. The van der Waals surface area contributed by atoms with E-state index < -0.39 is 17.3 Å². The number of carbonyl (C=O) groups excluding carboxylic acids is 2. The number of carbonyl (C=O) groups is 2. The third-order valence-electron chi connectivity index (χ3n) is 8.65. The van der Waals surface area contributed by atoms with Gasteiger partial charge in [-0.1, -0.05) is 19.9 Å². The topological polar surface area (TPSA) is 112 Å². The largest absolute Gasteiger partial charge is 0.396 e. The van der Waals surface area contributed by atoms with Crippen molar-refractivity contribution in [2.45, 2.75) is 58.1 Å². The van der Waals surface area contributed by atoms with Crippen LogP contribution in [0.4, 0.5) is 9.52 Å². The summed E-state index contributed by atoms with van der Waals surface area (Å²) in [6.07, 6.45) is 1.40. The van der Waals surface area contributed by atoms with Crippen LogP contribution in [0.5, 0.6) is 0 Å². The Morgan fingerprint density at radius 1 is 1.21 bits per heavy atom. The first-order chi connectivity index (χ1) is 18.1. The lowest BCUT2D eigenvalue weighted by atomic mass is 9.47. The number of anilines is 1. The summed E-state index contributed by atoms with van der Waals surface area (Å²) < 4.78 is 13.3. The Kier molecular flexibility index (Phi) is 7.43. The summed E-state index contributed by atoms with van der Waals surface area (Å²) in [7, 11) is 0. The zero-order chi connectivity index (χ0) is 27.1. The van der Waals surface area contributed by atoms with Crippen LogP contribution < -0.4 is 10.6 Å². The summed E-state index contributed by atoms with van der Waals surface area (Å²) >= 11 is 2.95. The first-order valence-electron chi connectivity index (χ1n) is 12.8. The fourth-order valence-electron chi connectivity index (χ4n) is 6.33. The highest BCUT2D eigenvalue weighted by molar-refractivity contribution is 7.16. The molecule has 2 amide bonds. The van der Waals surface area contributed by atoms with Gasteiger partial charge in [0.05, 0.1) is 24.9 Å². The lowest BCUT2D eigenvalue weighted by Crippen LogP contribution is -2.57. The van der Waals surface area contributed by atoms with Crippen molar-refractivity contribution >= 4 is 39.6 Å². The zero-order valence-corrected chi connectivity index (χ0v) is 23.0. The number of fused-ring (bicyclic) bond motifs is 2. The number of nitrogens with zero attached hydrogens (tertiary/aromatic N) is 1. The Labute approximate surface area is 229 Å². The normalized spacial score (nSPS) is 28.3. The van der Waals surface area contributed by atoms with Crippen molar-refractivity contribution in [2.24, 2.45) is 16.7 Å². The number of aliphatic hydroxyl groups excluding tert-OH is 2. The fraction of sp³-hybridized carbons (Fsp3) is 0.464. The molecule has 202 valence electrons. The number of nitrogens with one attached hydrogen (secondary N) is 2. The van der Waals surface area contributed by atoms with Crippen LogP contribution >= 0.6 is 22.7 Å². The highest BCUT2D eigenvalue weighted by atomic mass is 32.1. The fourth-order valence-corrected chi connectivity index (χ4v) is 8.03. The Morgan fingerprint density at radius 2 is 1.97 bits per heavy atom. The maximum Gasteiger partial charge on any atom is 0.257 e. The van der Waals surface area contributed by atoms with Crippen molar-refractivity contribution in [2.75, 3.05) is 11.9 Å². The number of aliphatic hydroxyl groups is 2. The van der Waals surface area contributed by atoms with Crippen molar-refractivity contribution < 1.29 is 24.2 Å². The number of rotatable bonds is 7. The molecule has 7 nitrogen and oxygen atoms in total. The van der Waals surface area contributed by atoms with Crippen LogP contribution in [0.25, 0.3) is 0 Å². The highest BCUT2D eigenvalue weighted by Crippen LogP contribution is 2.62. The second-order valence-electron chi connectivity index (χ2n) is 10.9. The summed E-state index contributed by atoms with van der Waals surface area (Å²) in [5, 5.41) is 29.6. The summed E-state index contributed by atoms with van der Waals surface area (Å²) in [5.41, 5.74) is 0.0144. The van der Waals surface area contributed by atoms with Crippen molar-refractivity contribution in [3.8, 4) is 0 Å². The quantitative estimate of drug-likeness (QED) is 0.336. The minimum absolute atomic E-state index is 0.0764. The monoisotopic (exact) mass is 557 g/mol. The van der Waals surface area contributed by atoms with E-state index in [9.17, 15) is 24.2 Å². The van der Waals surface area contributed by atoms with Crippen LogP contribution in [0.2, 0.25) is 0 Å². The molecule has 4 N–H and O–H groups in total. The summed E-state index contributed by atoms with van der Waals surface area (Å²) in [6.45, 7) is 4.37. The second-order valence-corrected chi connectivity index (χ2v) is 13.0. The van der Waals surface area contributed by atoms with Crippen LogP contribution in [0.1, 0.15) is 64.8 Å². The average molecular weight is 558 g/mol. The number of hydrogen-bond acceptors (Lipinski definition) is 7. The van der Waals surface area contributed by atoms with Crippen molar-refractivity contribution in [1.82, 2.24) is 10.3 Å². The van der Waals surface area contributed by atoms with Crippen molar-refractivity contribution in [3.63, 3.8) is 0 Å². The third kappa shape index (κ3) is 4.90. The molecule has 2 aliphatic carbocycles. The number of hydrogen-bond donors (Lipinski definition) is 4. The van der Waals surface area contributed by atoms with E-state index in [1.54, 1.807) is 11.3 Å². The van der Waals surface area contributed by atoms with Crippen LogP contribution in [0, 0.1) is 22.6 Å². The van der Waals surface area contributed by atoms with Gasteiger partial charge in [0, 0.05) is 33.1 Å². The summed E-state index contributed by atoms with van der Waals surface area (Å²) in [4.78, 5) is 32.8. The average Bonchev–Trinajstić information content (AvgIpc) is 3.56. The number of amides is 2. The SMILES string of the molecule is C[C@]1(CO)[C@H]2Cc3sc(NC(=O)c4ccc(F)cc4)nc3[C@@H](CC(=O)NCc3cccs3)[C@]2(C)CC[C@H]1O. The van der Waals surface area contributed by atoms with Crippen molar-refractivity contribution in [3.05, 3.63) is 68.6 Å². The summed E-state index contributed by atoms with van der Waals surface area (Å²) in [5.74, 6) is -1.21. The van der Waals surface area contributed by atoms with E-state index in [1.807, 2.05) is 24.4 Å². The Balaban J connectivity index is 1.45. The molecule has 10 heteroatoms. The van der Waals surface area contributed by atoms with Crippen LogP contribution in [0.3, 0.4) is 0 Å². The van der Waals surface area contributed by atoms with Crippen LogP contribution in [-0.2, 0) is 17.8 Å². The first kappa shape index (κ1) is 26.9. The van der Waals surface area contributed by atoms with Crippen LogP contribution in [0.15, 0.2) is 41.8 Å². The number of aromatic nitrogens is 1. The third-order valence-corrected chi connectivity index (χ3v) is 10.5. The minimum Gasteiger partial charge on any atom is -0.396 e. The summed E-state index contributed by atoms with van der Waals surface area (Å²) in [6, 6.07) is 9.24. The van der Waals surface area contributed by atoms with Gasteiger partial charge in [-0.25, -0.2) is 9.37 Å². The molecule has 0 spiro atoms. The van der Waals surface area contributed by atoms with E-state index in [4.69, 9.17) is 4.98 Å². The molecule has 0 saturated heterocycles. The second kappa shape index (κ2) is 10.5. The number of thiophene rings is 1. The van der Waals surface area contributed by atoms with E-state index >= 15 is 0 Å². The van der Waals surface area contributed by atoms with Gasteiger partial charge in [-0.05, 0) is 66.3 Å². The van der Waals surface area contributed by atoms with E-state index in [1.165, 1.54) is 35.6 Å². The van der Waals surface area contributed by atoms with Gasteiger partial charge in [0.2, 0.25) is 5.91 Å². The molecule has 0 aliphatic heterocycles. The molecule has 5 rings (SSSR count). The molecule has 2 aliphatic rings. The highest BCUT2D eigenvalue weighted by Gasteiger charge is 2.59. The van der Waals surface area contributed by atoms with E-state index in [0.29, 0.717) is 36.5 Å². The van der Waals surface area contributed by atoms with Gasteiger partial charge in [0.1, 0.15) is 5.82 Å². The molecule has 0 radical (unpaired) electrons. The molecular weight excluding hydrogens is 525 g/mol. The van der Waals surface area contributed by atoms with Gasteiger partial charge in [-0.15, -0.1) is 22.7 Å². The molecule has 38 heavy (non-hydrogen) atoms. The van der Waals surface area contributed by atoms with Gasteiger partial charge in [0.15, 0.2) is 5.13 Å². The molecule has 1 saturated carbocycles. The lowest BCUT2D eigenvalue weighted by Gasteiger charge is -2.58. The first-order valence-corrected chi connectivity index (χ1v) is 14.5. The molecule has 0 bridgehead atoms. The molecule has 5 atom stereocenters. The molecule has 1 fully saturated rings. The Morgan fingerprint density at radius 3 is 2.66 bits per heavy atom. The predicted molar refractivity (Wildman–Crippen MR) is 146 cm³/mol. The molecule has 0 unspecified atom stereocenters. The van der Waals surface area contributed by atoms with E-state index in [-0.39, 0.29) is 42.1 Å². The van der Waals surface area contributed by atoms with Gasteiger partial charge in [-0.2, -0.15) is 0 Å². The molecule has 2 aromatic heterocycles. The molecule has 3 aromatic rings. The van der Waals surface area contributed by atoms with Crippen molar-refractivity contribution in [1.29, 1.82) is 0 Å². The van der Waals surface area contributed by atoms with E-state index in [0.717, 1.165) is 15.4 Å². The Bertz CT molecular complexity index is 1310. The minimum atomic E-state index is -0.724. The number of halogens is 1. The number of benzene rings is 1. The van der Waals surface area contributed by atoms with Gasteiger partial charge in [-0.3, -0.25) is 14.9 Å². The maximum absolute atomic E-state index is 13.3. The maximum atomic E-state index is 13.3. The molecule has 1 aromatic carbocycles. The van der Waals surface area contributed by atoms with Gasteiger partial charge >= 0.3 is 0 Å². The smallest absolute Gasteiger partial charge is 0.257 e. The zero-order valence-electron chi connectivity index (χ0n) is 21.4.